The number of cyclic esters (lactones) is 1. The fourth-order valence-electron chi connectivity index (χ4n) is 13.1. The van der Waals surface area contributed by atoms with Crippen molar-refractivity contribution in [2.45, 2.75) is 237 Å². The summed E-state index contributed by atoms with van der Waals surface area (Å²) in [4.78, 5) is 12.5. The third kappa shape index (κ3) is 11.7. The summed E-state index contributed by atoms with van der Waals surface area (Å²) in [6, 6.07) is 0. The van der Waals surface area contributed by atoms with Crippen molar-refractivity contribution >= 4 is 55.9 Å². The Morgan fingerprint density at radius 2 is 1.25 bits per heavy atom. The molecular weight excluding hydrogens is 925 g/mol. The number of hydrogen-bond acceptors (Lipinski definition) is 12. The Kier molecular flexibility index (Phi) is 15.3. The minimum absolute atomic E-state index is 0.0190. The van der Waals surface area contributed by atoms with Crippen LogP contribution < -0.4 is 0 Å². The predicted octanol–water partition coefficient (Wildman–Crippen LogP) is 9.64. The van der Waals surface area contributed by atoms with Crippen LogP contribution in [0, 0.1) is 28.6 Å². The fourth-order valence-corrected chi connectivity index (χ4v) is 19.3. The molecule has 12 nitrogen and oxygen atoms in total. The molecule has 65 heavy (non-hydrogen) atoms. The van der Waals surface area contributed by atoms with Crippen molar-refractivity contribution in [3.05, 3.63) is 11.6 Å². The molecule has 0 aromatic heterocycles. The van der Waals surface area contributed by atoms with Crippen LogP contribution in [0.3, 0.4) is 0 Å². The molecule has 2 aliphatic heterocycles. The molecule has 0 aromatic carbocycles. The molecule has 2 N–H and O–H groups in total. The maximum Gasteiger partial charge on any atom is 0.331 e. The number of hydrogen-bond donors (Lipinski definition) is 2. The standard InChI is InChI=1S/C47H92O12Si6/c1-31-40(57-63(12,13)14)41(58-64(15,16)17)42(59-65(18,19)20)43(53-31)54-33-26-37(56-62(9,10)11)46(30-52-60(3,4)5)39-35(21-23-45(46,49)27-33)47(50)24-22-34(32-25-38(48)51-29-32)44(47,2)28-36(39)55-61(6,7)8/h25,31,33-37,39-43,49-50H,21-24,26-30H2,1-20H3/t31-,33-,34+,35+,36+,37+,39+,40-,41+,42+,43-,44+,45-,46+,47-/m0/s1. The van der Waals surface area contributed by atoms with Gasteiger partial charge in [0.15, 0.2) is 56.2 Å². The number of carbonyl (C=O) groups excluding carboxylic acids is 1. The van der Waals surface area contributed by atoms with Crippen molar-refractivity contribution < 1.29 is 55.8 Å². The van der Waals surface area contributed by atoms with E-state index in [0.29, 0.717) is 45.1 Å². The molecule has 1 saturated heterocycles. The molecule has 0 unspecified atom stereocenters. The zero-order chi connectivity index (χ0) is 48.9. The van der Waals surface area contributed by atoms with Crippen LogP contribution in [-0.2, 0) is 45.6 Å². The summed E-state index contributed by atoms with van der Waals surface area (Å²) in [6.07, 6.45) is 1.99. The molecule has 0 aromatic rings. The normalized spacial score (nSPS) is 42.0. The number of rotatable bonds is 16. The van der Waals surface area contributed by atoms with Crippen molar-refractivity contribution in [2.75, 3.05) is 13.2 Å². The van der Waals surface area contributed by atoms with Gasteiger partial charge in [-0.15, -0.1) is 0 Å². The highest BCUT2D eigenvalue weighted by atomic mass is 28.4. The van der Waals surface area contributed by atoms with Gasteiger partial charge >= 0.3 is 5.97 Å². The molecule has 376 valence electrons. The first-order valence-corrected chi connectivity index (χ1v) is 45.4. The summed E-state index contributed by atoms with van der Waals surface area (Å²) in [5, 5.41) is 27.7. The summed E-state index contributed by atoms with van der Waals surface area (Å²) >= 11 is 0. The monoisotopic (exact) mass is 1020 g/mol. The van der Waals surface area contributed by atoms with Crippen LogP contribution in [0.1, 0.15) is 58.8 Å². The fraction of sp³-hybridized carbons (Fsp3) is 0.936. The second-order valence-electron chi connectivity index (χ2n) is 27.1. The molecule has 18 heteroatoms. The molecule has 5 fully saturated rings. The molecule has 0 amide bonds. The van der Waals surface area contributed by atoms with E-state index in [1.165, 1.54) is 0 Å². The third-order valence-electron chi connectivity index (χ3n) is 15.0. The Bertz CT molecular complexity index is 1750. The molecule has 6 rings (SSSR count). The largest absolute Gasteiger partial charge is 0.458 e. The minimum atomic E-state index is -2.34. The Morgan fingerprint density at radius 1 is 0.692 bits per heavy atom. The molecule has 0 radical (unpaired) electrons. The van der Waals surface area contributed by atoms with E-state index in [9.17, 15) is 15.0 Å². The van der Waals surface area contributed by atoms with Gasteiger partial charge < -0.3 is 51.0 Å². The third-order valence-corrected chi connectivity index (χ3v) is 20.9. The van der Waals surface area contributed by atoms with Gasteiger partial charge in [0, 0.05) is 36.5 Å². The Morgan fingerprint density at radius 3 is 1.77 bits per heavy atom. The molecule has 0 bridgehead atoms. The van der Waals surface area contributed by atoms with Gasteiger partial charge in [-0.1, -0.05) is 6.92 Å². The topological polar surface area (TPSA) is 141 Å². The summed E-state index contributed by atoms with van der Waals surface area (Å²) in [7, 11) is -13.2. The van der Waals surface area contributed by atoms with Gasteiger partial charge in [-0.05, 0) is 181 Å². The van der Waals surface area contributed by atoms with E-state index in [1.54, 1.807) is 6.08 Å². The molecule has 15 atom stereocenters. The zero-order valence-corrected chi connectivity index (χ0v) is 50.3. The van der Waals surface area contributed by atoms with Gasteiger partial charge in [0.1, 0.15) is 18.8 Å². The van der Waals surface area contributed by atoms with E-state index in [1.807, 2.05) is 0 Å². The van der Waals surface area contributed by atoms with Crippen LogP contribution in [0.4, 0.5) is 0 Å². The van der Waals surface area contributed by atoms with Crippen LogP contribution in [0.25, 0.3) is 0 Å². The smallest absolute Gasteiger partial charge is 0.331 e. The van der Waals surface area contributed by atoms with E-state index in [-0.39, 0.29) is 48.6 Å². The van der Waals surface area contributed by atoms with Crippen molar-refractivity contribution in [1.82, 2.24) is 0 Å². The van der Waals surface area contributed by atoms with Gasteiger partial charge in [-0.25, -0.2) is 4.79 Å². The minimum Gasteiger partial charge on any atom is -0.458 e. The second kappa shape index (κ2) is 18.3. The number of carbonyl (C=O) groups is 1. The Labute approximate surface area is 400 Å². The summed E-state index contributed by atoms with van der Waals surface area (Å²) in [6.45, 7) is 44.8. The average Bonchev–Trinajstić information content (AvgIpc) is 3.63. The van der Waals surface area contributed by atoms with E-state index < -0.39 is 103 Å². The number of ether oxygens (including phenoxy) is 3. The van der Waals surface area contributed by atoms with E-state index in [0.717, 1.165) is 12.0 Å². The van der Waals surface area contributed by atoms with Crippen molar-refractivity contribution in [3.8, 4) is 0 Å². The number of esters is 1. The number of aliphatic hydroxyl groups is 2. The van der Waals surface area contributed by atoms with Crippen LogP contribution in [0.5, 0.6) is 0 Å². The number of fused-ring (bicyclic) bond motifs is 5. The highest BCUT2D eigenvalue weighted by Gasteiger charge is 2.76. The van der Waals surface area contributed by atoms with Crippen LogP contribution in [-0.4, -0.2) is 140 Å². The molecule has 0 spiro atoms. The molecule has 6 aliphatic rings. The first-order valence-electron chi connectivity index (χ1n) is 24.9. The lowest BCUT2D eigenvalue weighted by Gasteiger charge is -2.70. The lowest BCUT2D eigenvalue weighted by molar-refractivity contribution is -0.336. The van der Waals surface area contributed by atoms with E-state index in [4.69, 9.17) is 40.8 Å². The summed E-state index contributed by atoms with van der Waals surface area (Å²) in [5.74, 6) is -0.804. The second-order valence-corrected chi connectivity index (χ2v) is 53.9. The lowest BCUT2D eigenvalue weighted by atomic mass is 9.40. The van der Waals surface area contributed by atoms with Crippen LogP contribution >= 0.6 is 0 Å². The quantitative estimate of drug-likeness (QED) is 0.0865. The summed E-state index contributed by atoms with van der Waals surface area (Å²) < 4.78 is 63.1. The van der Waals surface area contributed by atoms with Gasteiger partial charge in [0.25, 0.3) is 0 Å². The van der Waals surface area contributed by atoms with Crippen molar-refractivity contribution in [2.24, 2.45) is 28.6 Å². The SMILES string of the molecule is C[C@@H]1O[C@@H](O[C@H]2C[C@@H](O[Si](C)(C)C)[C@]3(CO[Si](C)(C)C)[C@@H]4[C@@H](CC[C@]3(O)C2)[C@@]2(O)CC[C@H](C3=CC(=O)OC3)[C@@]2(C)C[C@H]4O[Si](C)(C)C)[C@H](O[Si](C)(C)C)[C@H](O[Si](C)(C)C)[C@H]1O[Si](C)(C)C. The van der Waals surface area contributed by atoms with Gasteiger partial charge in [-0.3, -0.25) is 0 Å². The average molecular weight is 1020 g/mol. The van der Waals surface area contributed by atoms with Gasteiger partial charge in [0.05, 0.1) is 41.0 Å². The van der Waals surface area contributed by atoms with Crippen LogP contribution in [0.15, 0.2) is 11.6 Å². The van der Waals surface area contributed by atoms with Gasteiger partial charge in [0.2, 0.25) is 0 Å². The maximum absolute atomic E-state index is 14.1. The first-order chi connectivity index (χ1) is 29.3. The van der Waals surface area contributed by atoms with Crippen LogP contribution in [0.2, 0.25) is 118 Å². The molecule has 4 aliphatic carbocycles. The Balaban J connectivity index is 1.48. The molecule has 4 saturated carbocycles. The predicted molar refractivity (Wildman–Crippen MR) is 272 cm³/mol. The van der Waals surface area contributed by atoms with Crippen molar-refractivity contribution in [3.63, 3.8) is 0 Å². The van der Waals surface area contributed by atoms with Crippen molar-refractivity contribution in [1.29, 1.82) is 0 Å². The maximum atomic E-state index is 14.1. The molecule has 2 heterocycles. The highest BCUT2D eigenvalue weighted by Crippen LogP contribution is 2.72. The zero-order valence-electron chi connectivity index (χ0n) is 44.3. The van der Waals surface area contributed by atoms with E-state index in [2.05, 4.69) is 132 Å². The first kappa shape index (κ1) is 54.4. The highest BCUT2D eigenvalue weighted by molar-refractivity contribution is 6.71. The molecular formula is C47H92O12Si6. The summed E-state index contributed by atoms with van der Waals surface area (Å²) in [5.41, 5.74) is -2.91. The lowest BCUT2D eigenvalue weighted by Crippen LogP contribution is -2.77. The Hall–Kier alpha value is 0.111. The van der Waals surface area contributed by atoms with Gasteiger partial charge in [-0.2, -0.15) is 0 Å². The van der Waals surface area contributed by atoms with E-state index >= 15 is 0 Å².